The molecule has 2 aromatic rings. The van der Waals surface area contributed by atoms with Gasteiger partial charge in [-0.1, -0.05) is 5.16 Å². The predicted octanol–water partition coefficient (Wildman–Crippen LogP) is 2.56. The van der Waals surface area contributed by atoms with Crippen molar-refractivity contribution in [1.29, 1.82) is 0 Å². The standard InChI is InChI=1S/C18H23N3O5S/c1-12(2)25-14-6-8-15(9-7-14)27(23,24)21-10-4-5-16(21)18(22)19-17-11-13(3)26-20-17/h6-9,11-12,16H,4-5,10H2,1-3H3,(H,19,20,22)/t16-/m0/s1. The van der Waals surface area contributed by atoms with Crippen LogP contribution in [0.4, 0.5) is 5.82 Å². The van der Waals surface area contributed by atoms with E-state index >= 15 is 0 Å². The maximum atomic E-state index is 13.0. The molecular weight excluding hydrogens is 370 g/mol. The summed E-state index contributed by atoms with van der Waals surface area (Å²) < 4.78 is 37.7. The molecule has 1 aliphatic heterocycles. The number of anilines is 1. The molecule has 0 radical (unpaired) electrons. The Morgan fingerprint density at radius 3 is 2.63 bits per heavy atom. The van der Waals surface area contributed by atoms with E-state index in [1.165, 1.54) is 16.4 Å². The molecule has 0 saturated carbocycles. The number of carbonyl (C=O) groups is 1. The maximum Gasteiger partial charge on any atom is 0.244 e. The lowest BCUT2D eigenvalue weighted by Gasteiger charge is -2.23. The Morgan fingerprint density at radius 1 is 1.33 bits per heavy atom. The van der Waals surface area contributed by atoms with Crippen molar-refractivity contribution in [1.82, 2.24) is 9.46 Å². The highest BCUT2D eigenvalue weighted by Gasteiger charge is 2.39. The number of hydrogen-bond donors (Lipinski definition) is 1. The Kier molecular flexibility index (Phi) is 5.52. The summed E-state index contributed by atoms with van der Waals surface area (Å²) in [4.78, 5) is 12.7. The number of aromatic nitrogens is 1. The second kappa shape index (κ2) is 7.69. The van der Waals surface area contributed by atoms with Gasteiger partial charge >= 0.3 is 0 Å². The number of nitrogens with one attached hydrogen (secondary N) is 1. The number of amides is 1. The molecule has 0 aliphatic carbocycles. The van der Waals surface area contributed by atoms with Crippen LogP contribution < -0.4 is 10.1 Å². The molecule has 27 heavy (non-hydrogen) atoms. The lowest BCUT2D eigenvalue weighted by molar-refractivity contribution is -0.119. The van der Waals surface area contributed by atoms with E-state index in [-0.39, 0.29) is 16.8 Å². The minimum atomic E-state index is -3.79. The highest BCUT2D eigenvalue weighted by atomic mass is 32.2. The second-order valence-corrected chi connectivity index (χ2v) is 8.61. The molecule has 1 aromatic carbocycles. The molecule has 1 saturated heterocycles. The van der Waals surface area contributed by atoms with Crippen LogP contribution >= 0.6 is 0 Å². The van der Waals surface area contributed by atoms with Crippen LogP contribution in [0.15, 0.2) is 39.8 Å². The summed E-state index contributed by atoms with van der Waals surface area (Å²) in [6.07, 6.45) is 1.07. The summed E-state index contributed by atoms with van der Waals surface area (Å²) in [5.74, 6) is 1.02. The predicted molar refractivity (Wildman–Crippen MR) is 99.0 cm³/mol. The molecule has 0 bridgehead atoms. The third-order valence-corrected chi connectivity index (χ3v) is 6.11. The zero-order valence-electron chi connectivity index (χ0n) is 15.5. The summed E-state index contributed by atoms with van der Waals surface area (Å²) in [5.41, 5.74) is 0. The Balaban J connectivity index is 1.77. The molecule has 1 amide bonds. The van der Waals surface area contributed by atoms with E-state index in [1.807, 2.05) is 13.8 Å². The highest BCUT2D eigenvalue weighted by Crippen LogP contribution is 2.28. The molecule has 2 heterocycles. The van der Waals surface area contributed by atoms with Gasteiger partial charge in [-0.25, -0.2) is 8.42 Å². The van der Waals surface area contributed by atoms with E-state index in [4.69, 9.17) is 9.26 Å². The van der Waals surface area contributed by atoms with Gasteiger partial charge in [0.25, 0.3) is 0 Å². The van der Waals surface area contributed by atoms with Crippen molar-refractivity contribution in [2.75, 3.05) is 11.9 Å². The third kappa shape index (κ3) is 4.30. The van der Waals surface area contributed by atoms with Gasteiger partial charge in [0.05, 0.1) is 11.0 Å². The second-order valence-electron chi connectivity index (χ2n) is 6.72. The number of nitrogens with zero attached hydrogens (tertiary/aromatic N) is 2. The van der Waals surface area contributed by atoms with E-state index in [0.29, 0.717) is 30.9 Å². The molecular formula is C18H23N3O5S. The average molecular weight is 393 g/mol. The van der Waals surface area contributed by atoms with Crippen LogP contribution in [0, 0.1) is 6.92 Å². The maximum absolute atomic E-state index is 13.0. The largest absolute Gasteiger partial charge is 0.491 e. The Bertz CT molecular complexity index is 905. The molecule has 1 fully saturated rings. The van der Waals surface area contributed by atoms with Crippen molar-refractivity contribution in [3.8, 4) is 5.75 Å². The van der Waals surface area contributed by atoms with Crippen LogP contribution in [0.5, 0.6) is 5.75 Å². The van der Waals surface area contributed by atoms with Crippen molar-refractivity contribution in [3.63, 3.8) is 0 Å². The topological polar surface area (TPSA) is 102 Å². The van der Waals surface area contributed by atoms with Crippen molar-refractivity contribution < 1.29 is 22.5 Å². The lowest BCUT2D eigenvalue weighted by Crippen LogP contribution is -2.43. The van der Waals surface area contributed by atoms with Crippen LogP contribution in [-0.4, -0.2) is 42.5 Å². The van der Waals surface area contributed by atoms with E-state index in [2.05, 4.69) is 10.5 Å². The van der Waals surface area contributed by atoms with E-state index in [0.717, 1.165) is 0 Å². The highest BCUT2D eigenvalue weighted by molar-refractivity contribution is 7.89. The number of benzene rings is 1. The Labute approximate surface area is 158 Å². The molecule has 3 rings (SSSR count). The minimum Gasteiger partial charge on any atom is -0.491 e. The first-order valence-electron chi connectivity index (χ1n) is 8.80. The van der Waals surface area contributed by atoms with Gasteiger partial charge in [-0.3, -0.25) is 4.79 Å². The van der Waals surface area contributed by atoms with Gasteiger partial charge in [0.2, 0.25) is 15.9 Å². The van der Waals surface area contributed by atoms with Gasteiger partial charge in [-0.15, -0.1) is 0 Å². The summed E-state index contributed by atoms with van der Waals surface area (Å²) in [5, 5.41) is 6.34. The first-order valence-corrected chi connectivity index (χ1v) is 10.2. The number of hydrogen-bond acceptors (Lipinski definition) is 6. The van der Waals surface area contributed by atoms with E-state index in [1.54, 1.807) is 25.1 Å². The molecule has 1 atom stereocenters. The monoisotopic (exact) mass is 393 g/mol. The minimum absolute atomic E-state index is 0.000664. The molecule has 1 aliphatic rings. The smallest absolute Gasteiger partial charge is 0.244 e. The normalized spacial score (nSPS) is 18.0. The molecule has 1 aromatic heterocycles. The SMILES string of the molecule is Cc1cc(NC(=O)[C@@H]2CCCN2S(=O)(=O)c2ccc(OC(C)C)cc2)no1. The molecule has 8 nitrogen and oxygen atoms in total. The average Bonchev–Trinajstić information content (AvgIpc) is 3.24. The molecule has 9 heteroatoms. The fourth-order valence-electron chi connectivity index (χ4n) is 3.02. The van der Waals surface area contributed by atoms with Crippen molar-refractivity contribution >= 4 is 21.7 Å². The lowest BCUT2D eigenvalue weighted by atomic mass is 10.2. The number of ether oxygens (including phenoxy) is 1. The van der Waals surface area contributed by atoms with Crippen LogP contribution in [0.1, 0.15) is 32.4 Å². The third-order valence-electron chi connectivity index (χ3n) is 4.19. The van der Waals surface area contributed by atoms with Crippen LogP contribution in [0.2, 0.25) is 0 Å². The van der Waals surface area contributed by atoms with Crippen LogP contribution in [0.25, 0.3) is 0 Å². The van der Waals surface area contributed by atoms with Gasteiger partial charge in [0.1, 0.15) is 17.6 Å². The summed E-state index contributed by atoms with van der Waals surface area (Å²) in [6, 6.07) is 7.05. The zero-order valence-corrected chi connectivity index (χ0v) is 16.3. The quantitative estimate of drug-likeness (QED) is 0.809. The molecule has 0 unspecified atom stereocenters. The van der Waals surface area contributed by atoms with Crippen LogP contribution in [-0.2, 0) is 14.8 Å². The molecule has 0 spiro atoms. The zero-order chi connectivity index (χ0) is 19.6. The summed E-state index contributed by atoms with van der Waals surface area (Å²) >= 11 is 0. The van der Waals surface area contributed by atoms with Gasteiger partial charge in [0.15, 0.2) is 5.82 Å². The van der Waals surface area contributed by atoms with Gasteiger partial charge in [-0.05, 0) is 57.9 Å². The number of sulfonamides is 1. The van der Waals surface area contributed by atoms with E-state index in [9.17, 15) is 13.2 Å². The summed E-state index contributed by atoms with van der Waals surface area (Å²) in [6.45, 7) is 5.80. The fourth-order valence-corrected chi connectivity index (χ4v) is 4.68. The molecule has 1 N–H and O–H groups in total. The van der Waals surface area contributed by atoms with E-state index < -0.39 is 22.0 Å². The van der Waals surface area contributed by atoms with Crippen LogP contribution in [0.3, 0.4) is 0 Å². The van der Waals surface area contributed by atoms with Crippen molar-refractivity contribution in [2.45, 2.75) is 50.7 Å². The number of carbonyl (C=O) groups excluding carboxylic acids is 1. The molecule has 146 valence electrons. The Hall–Kier alpha value is -2.39. The summed E-state index contributed by atoms with van der Waals surface area (Å²) in [7, 11) is -3.79. The van der Waals surface area contributed by atoms with Crippen molar-refractivity contribution in [2.24, 2.45) is 0 Å². The number of aryl methyl sites for hydroxylation is 1. The Morgan fingerprint density at radius 2 is 2.04 bits per heavy atom. The first kappa shape index (κ1) is 19.4. The van der Waals surface area contributed by atoms with Gasteiger partial charge in [0, 0.05) is 12.6 Å². The fraction of sp³-hybridized carbons (Fsp3) is 0.444. The van der Waals surface area contributed by atoms with Gasteiger partial charge < -0.3 is 14.6 Å². The number of rotatable bonds is 6. The van der Waals surface area contributed by atoms with Crippen molar-refractivity contribution in [3.05, 3.63) is 36.1 Å². The first-order chi connectivity index (χ1) is 12.8. The van der Waals surface area contributed by atoms with Gasteiger partial charge in [-0.2, -0.15) is 4.31 Å².